The maximum Gasteiger partial charge on any atom is 0.278 e. The van der Waals surface area contributed by atoms with Gasteiger partial charge in [-0.15, -0.1) is 11.3 Å². The molecular weight excluding hydrogens is 440 g/mol. The van der Waals surface area contributed by atoms with E-state index in [1.807, 2.05) is 17.5 Å². The second kappa shape index (κ2) is 8.54. The molecule has 0 aliphatic carbocycles. The Morgan fingerprint density at radius 1 is 1.22 bits per heavy atom. The van der Waals surface area contributed by atoms with Crippen molar-refractivity contribution in [1.82, 2.24) is 9.58 Å². The Kier molecular flexibility index (Phi) is 5.79. The Hall–Kier alpha value is -3.53. The van der Waals surface area contributed by atoms with E-state index in [1.165, 1.54) is 33.2 Å². The number of thiophene rings is 1. The first-order valence-corrected chi connectivity index (χ1v) is 10.6. The third-order valence-corrected chi connectivity index (χ3v) is 6.12. The van der Waals surface area contributed by atoms with Crippen LogP contribution in [0.25, 0.3) is 0 Å². The molecule has 10 heteroatoms. The van der Waals surface area contributed by atoms with Gasteiger partial charge in [-0.25, -0.2) is 8.78 Å². The number of pyridine rings is 1. The predicted octanol–water partition coefficient (Wildman–Crippen LogP) is 2.89. The smallest absolute Gasteiger partial charge is 0.278 e. The number of fused-ring (bicyclic) bond motifs is 1. The van der Waals surface area contributed by atoms with Gasteiger partial charge in [0.25, 0.3) is 5.91 Å². The summed E-state index contributed by atoms with van der Waals surface area (Å²) in [6.45, 7) is 0.499. The van der Waals surface area contributed by atoms with Crippen molar-refractivity contribution in [2.45, 2.75) is 19.4 Å². The molecule has 1 aliphatic rings. The minimum absolute atomic E-state index is 0.0454. The lowest BCUT2D eigenvalue weighted by Crippen LogP contribution is -2.52. The fourth-order valence-corrected chi connectivity index (χ4v) is 4.32. The van der Waals surface area contributed by atoms with Gasteiger partial charge in [0.05, 0.1) is 12.1 Å². The van der Waals surface area contributed by atoms with Gasteiger partial charge in [0.15, 0.2) is 17.2 Å². The molecule has 1 N–H and O–H groups in total. The number of carbonyl (C=O) groups excluding carboxylic acids is 2. The van der Waals surface area contributed by atoms with E-state index in [9.17, 15) is 28.3 Å². The summed E-state index contributed by atoms with van der Waals surface area (Å²) >= 11 is 1.48. The van der Waals surface area contributed by atoms with Gasteiger partial charge < -0.3 is 10.0 Å². The summed E-state index contributed by atoms with van der Waals surface area (Å²) in [7, 11) is 1.66. The molecule has 3 heterocycles. The second-order valence-corrected chi connectivity index (χ2v) is 8.49. The van der Waals surface area contributed by atoms with Gasteiger partial charge in [-0.1, -0.05) is 12.1 Å². The zero-order valence-corrected chi connectivity index (χ0v) is 17.9. The molecule has 0 fully saturated rings. The number of hydrogen-bond acceptors (Lipinski definition) is 6. The minimum Gasteiger partial charge on any atom is -0.502 e. The van der Waals surface area contributed by atoms with Crippen LogP contribution in [0.3, 0.4) is 0 Å². The third kappa shape index (κ3) is 4.01. The number of rotatable bonds is 6. The highest BCUT2D eigenvalue weighted by Gasteiger charge is 2.33. The first-order chi connectivity index (χ1) is 15.3. The standard InChI is InChI=1S/C22H19F2N3O4S/c1-25-12-26(10-15-3-2-8-32-15)22(31)19-21(30)20(29)16(11-27(19)25)18(28)7-5-13-4-6-14(23)9-17(13)24/h2-4,6,8-9,11,30H,5,7,10,12H2,1H3. The zero-order chi connectivity index (χ0) is 23.0. The average Bonchev–Trinajstić information content (AvgIpc) is 3.26. The van der Waals surface area contributed by atoms with Crippen LogP contribution in [0.5, 0.6) is 5.75 Å². The molecular formula is C22H19F2N3O4S. The van der Waals surface area contributed by atoms with Gasteiger partial charge >= 0.3 is 0 Å². The molecule has 0 unspecified atom stereocenters. The minimum atomic E-state index is -0.958. The van der Waals surface area contributed by atoms with E-state index in [0.717, 1.165) is 17.0 Å². The van der Waals surface area contributed by atoms with Crippen molar-refractivity contribution in [1.29, 1.82) is 0 Å². The molecule has 1 aliphatic heterocycles. The number of amides is 1. The number of benzene rings is 1. The fourth-order valence-electron chi connectivity index (χ4n) is 3.61. The quantitative estimate of drug-likeness (QED) is 0.574. The Balaban J connectivity index is 1.60. The molecule has 0 saturated heterocycles. The summed E-state index contributed by atoms with van der Waals surface area (Å²) in [4.78, 5) is 40.7. The van der Waals surface area contributed by atoms with E-state index in [2.05, 4.69) is 0 Å². The maximum absolute atomic E-state index is 13.8. The molecule has 166 valence electrons. The number of Topliss-reactive ketones (excluding diaryl/α,β-unsaturated/α-hetero) is 1. The number of halogens is 2. The van der Waals surface area contributed by atoms with Crippen molar-refractivity contribution in [3.63, 3.8) is 0 Å². The number of hydrogen-bond donors (Lipinski definition) is 1. The van der Waals surface area contributed by atoms with Gasteiger partial charge in [0, 0.05) is 30.6 Å². The Labute approximate surface area is 185 Å². The number of aromatic hydroxyl groups is 1. The van der Waals surface area contributed by atoms with E-state index in [0.29, 0.717) is 6.54 Å². The first kappa shape index (κ1) is 21.7. The number of ketones is 1. The molecule has 7 nitrogen and oxygen atoms in total. The zero-order valence-electron chi connectivity index (χ0n) is 17.0. The van der Waals surface area contributed by atoms with E-state index in [-0.39, 0.29) is 36.3 Å². The predicted molar refractivity (Wildman–Crippen MR) is 115 cm³/mol. The summed E-state index contributed by atoms with van der Waals surface area (Å²) in [6, 6.07) is 6.80. The molecule has 0 spiro atoms. The molecule has 0 radical (unpaired) electrons. The normalized spacial score (nSPS) is 13.4. The monoisotopic (exact) mass is 459 g/mol. The molecule has 0 bridgehead atoms. The van der Waals surface area contributed by atoms with E-state index >= 15 is 0 Å². The van der Waals surface area contributed by atoms with Gasteiger partial charge in [-0.3, -0.25) is 24.1 Å². The van der Waals surface area contributed by atoms with Crippen LogP contribution in [0.15, 0.2) is 46.7 Å². The Morgan fingerprint density at radius 3 is 2.69 bits per heavy atom. The van der Waals surface area contributed by atoms with E-state index < -0.39 is 34.5 Å². The van der Waals surface area contributed by atoms with Crippen LogP contribution >= 0.6 is 11.3 Å². The van der Waals surface area contributed by atoms with Crippen LogP contribution in [-0.2, 0) is 13.0 Å². The average molecular weight is 459 g/mol. The first-order valence-electron chi connectivity index (χ1n) is 9.75. The molecule has 2 aromatic heterocycles. The molecule has 1 aromatic carbocycles. The third-order valence-electron chi connectivity index (χ3n) is 5.26. The van der Waals surface area contributed by atoms with Crippen LogP contribution in [0.2, 0.25) is 0 Å². The highest BCUT2D eigenvalue weighted by Crippen LogP contribution is 2.23. The Bertz CT molecular complexity index is 1260. The van der Waals surface area contributed by atoms with Crippen molar-refractivity contribution in [2.75, 3.05) is 18.7 Å². The molecule has 3 aromatic rings. The highest BCUT2D eigenvalue weighted by atomic mass is 32.1. The van der Waals surface area contributed by atoms with Crippen LogP contribution in [0.1, 0.15) is 37.7 Å². The maximum atomic E-state index is 13.8. The molecule has 1 amide bonds. The van der Waals surface area contributed by atoms with Crippen LogP contribution < -0.4 is 10.4 Å². The van der Waals surface area contributed by atoms with Gasteiger partial charge in [-0.2, -0.15) is 0 Å². The summed E-state index contributed by atoms with van der Waals surface area (Å²) in [5, 5.41) is 14.0. The lowest BCUT2D eigenvalue weighted by molar-refractivity contribution is 0.0680. The van der Waals surface area contributed by atoms with Crippen molar-refractivity contribution in [3.8, 4) is 5.75 Å². The lowest BCUT2D eigenvalue weighted by atomic mass is 10.0. The van der Waals surface area contributed by atoms with Crippen molar-refractivity contribution in [2.24, 2.45) is 0 Å². The lowest BCUT2D eigenvalue weighted by Gasteiger charge is -2.37. The van der Waals surface area contributed by atoms with Gasteiger partial charge in [0.1, 0.15) is 18.3 Å². The Morgan fingerprint density at radius 2 is 2.00 bits per heavy atom. The topological polar surface area (TPSA) is 82.8 Å². The largest absolute Gasteiger partial charge is 0.502 e. The van der Waals surface area contributed by atoms with Crippen LogP contribution in [0, 0.1) is 11.6 Å². The summed E-state index contributed by atoms with van der Waals surface area (Å²) in [6.07, 6.45) is 0.954. The SMILES string of the molecule is CN1CN(Cc2cccs2)C(=O)c2c(O)c(=O)c(C(=O)CCc3ccc(F)cc3F)cn21. The molecule has 0 saturated carbocycles. The second-order valence-electron chi connectivity index (χ2n) is 7.45. The summed E-state index contributed by atoms with van der Waals surface area (Å²) in [5.74, 6) is -3.46. The number of carbonyl (C=O) groups is 2. The van der Waals surface area contributed by atoms with Crippen molar-refractivity contribution >= 4 is 23.0 Å². The number of nitrogens with zero attached hydrogens (tertiary/aromatic N) is 3. The van der Waals surface area contributed by atoms with Crippen molar-refractivity contribution < 1.29 is 23.5 Å². The summed E-state index contributed by atoms with van der Waals surface area (Å²) in [5.41, 5.74) is -1.35. The fraction of sp³-hybridized carbons (Fsp3) is 0.227. The molecule has 32 heavy (non-hydrogen) atoms. The van der Waals surface area contributed by atoms with Crippen LogP contribution in [0.4, 0.5) is 8.78 Å². The molecule has 4 rings (SSSR count). The number of aryl methyl sites for hydroxylation is 1. The van der Waals surface area contributed by atoms with Crippen LogP contribution in [-0.4, -0.2) is 40.1 Å². The van der Waals surface area contributed by atoms with E-state index in [1.54, 1.807) is 12.1 Å². The van der Waals surface area contributed by atoms with E-state index in [4.69, 9.17) is 0 Å². The summed E-state index contributed by atoms with van der Waals surface area (Å²) < 4.78 is 28.2. The highest BCUT2D eigenvalue weighted by molar-refractivity contribution is 7.09. The van der Waals surface area contributed by atoms with Crippen molar-refractivity contribution in [3.05, 3.63) is 85.5 Å². The number of aromatic nitrogens is 1. The van der Waals surface area contributed by atoms with Gasteiger partial charge in [0.2, 0.25) is 5.43 Å². The van der Waals surface area contributed by atoms with Gasteiger partial charge in [-0.05, 0) is 29.5 Å². The molecule has 0 atom stereocenters.